The van der Waals surface area contributed by atoms with E-state index in [1.807, 2.05) is 18.2 Å². The molecule has 1 fully saturated rings. The molecule has 4 rings (SSSR count). The van der Waals surface area contributed by atoms with Crippen LogP contribution in [0.25, 0.3) is 11.1 Å². The number of carbonyl (C=O) groups is 1. The van der Waals surface area contributed by atoms with E-state index in [0.29, 0.717) is 23.0 Å². The van der Waals surface area contributed by atoms with Gasteiger partial charge in [-0.15, -0.1) is 0 Å². The third-order valence-electron chi connectivity index (χ3n) is 5.33. The summed E-state index contributed by atoms with van der Waals surface area (Å²) in [5.74, 6) is 0.308. The molecule has 0 saturated heterocycles. The van der Waals surface area contributed by atoms with Gasteiger partial charge in [-0.1, -0.05) is 18.2 Å². The van der Waals surface area contributed by atoms with Gasteiger partial charge in [0.2, 0.25) is 11.8 Å². The van der Waals surface area contributed by atoms with Crippen LogP contribution in [0.2, 0.25) is 0 Å². The number of hydrogen-bond acceptors (Lipinski definition) is 7. The van der Waals surface area contributed by atoms with Gasteiger partial charge in [0, 0.05) is 35.8 Å². The maximum Gasteiger partial charge on any atom is 0.254 e. The molecule has 1 aromatic carbocycles. The molecular formula is C23H22N6O2. The second kappa shape index (κ2) is 9.22. The summed E-state index contributed by atoms with van der Waals surface area (Å²) in [4.78, 5) is 24.5. The lowest BCUT2D eigenvalue weighted by Crippen LogP contribution is -2.32. The van der Waals surface area contributed by atoms with Crippen molar-refractivity contribution < 1.29 is 9.53 Å². The highest BCUT2D eigenvalue weighted by Gasteiger charge is 2.24. The minimum atomic E-state index is -0.545. The molecule has 2 heterocycles. The number of aromatic nitrogens is 3. The van der Waals surface area contributed by atoms with Crippen LogP contribution in [0, 0.1) is 11.3 Å². The zero-order valence-corrected chi connectivity index (χ0v) is 16.9. The van der Waals surface area contributed by atoms with E-state index in [1.165, 1.54) is 0 Å². The predicted molar refractivity (Wildman–Crippen MR) is 115 cm³/mol. The number of anilines is 1. The van der Waals surface area contributed by atoms with Crippen LogP contribution in [0.4, 0.5) is 5.95 Å². The molecule has 0 atom stereocenters. The number of nitrogens with two attached hydrogens (primary N) is 1. The van der Waals surface area contributed by atoms with Crippen molar-refractivity contribution in [1.82, 2.24) is 15.0 Å². The number of carbonyl (C=O) groups excluding carboxylic acids is 1. The summed E-state index contributed by atoms with van der Waals surface area (Å²) >= 11 is 0. The molecule has 156 valence electrons. The van der Waals surface area contributed by atoms with Gasteiger partial charge in [-0.05, 0) is 43.9 Å². The number of pyridine rings is 1. The molecule has 31 heavy (non-hydrogen) atoms. The molecule has 3 N–H and O–H groups in total. The van der Waals surface area contributed by atoms with Gasteiger partial charge < -0.3 is 15.8 Å². The van der Waals surface area contributed by atoms with Crippen molar-refractivity contribution in [3.8, 4) is 23.1 Å². The predicted octanol–water partition coefficient (Wildman–Crippen LogP) is 3.31. The normalized spacial score (nSPS) is 18.0. The molecule has 2 aromatic heterocycles. The Morgan fingerprint density at radius 1 is 1.06 bits per heavy atom. The van der Waals surface area contributed by atoms with E-state index in [9.17, 15) is 10.1 Å². The Kier molecular flexibility index (Phi) is 6.03. The van der Waals surface area contributed by atoms with E-state index >= 15 is 0 Å². The van der Waals surface area contributed by atoms with Crippen LogP contribution in [-0.4, -0.2) is 33.0 Å². The van der Waals surface area contributed by atoms with Crippen molar-refractivity contribution in [2.24, 2.45) is 5.73 Å². The van der Waals surface area contributed by atoms with Gasteiger partial charge in [0.1, 0.15) is 11.7 Å². The van der Waals surface area contributed by atoms with Crippen molar-refractivity contribution in [1.29, 1.82) is 5.26 Å². The zero-order chi connectivity index (χ0) is 21.6. The van der Waals surface area contributed by atoms with E-state index in [2.05, 4.69) is 26.3 Å². The van der Waals surface area contributed by atoms with Crippen LogP contribution in [0.3, 0.4) is 0 Å². The smallest absolute Gasteiger partial charge is 0.254 e. The van der Waals surface area contributed by atoms with Crippen LogP contribution in [0.1, 0.15) is 41.6 Å². The quantitative estimate of drug-likeness (QED) is 0.633. The maximum atomic E-state index is 11.5. The Hall–Kier alpha value is -3.99. The van der Waals surface area contributed by atoms with Gasteiger partial charge in [-0.25, -0.2) is 15.0 Å². The summed E-state index contributed by atoms with van der Waals surface area (Å²) in [6.45, 7) is 0. The molecule has 1 saturated carbocycles. The molecule has 3 aromatic rings. The highest BCUT2D eigenvalue weighted by molar-refractivity contribution is 5.94. The zero-order valence-electron chi connectivity index (χ0n) is 16.9. The Balaban J connectivity index is 1.33. The summed E-state index contributed by atoms with van der Waals surface area (Å²) < 4.78 is 5.94. The molecule has 1 amide bonds. The SMILES string of the molecule is N#Cc1ccccc1-c1cnc(N[C@H]2CC[C@H](Oc3ncccc3C(N)=O)CC2)nc1. The molecule has 0 radical (unpaired) electrons. The Labute approximate surface area is 180 Å². The fraction of sp³-hybridized carbons (Fsp3) is 0.261. The first kappa shape index (κ1) is 20.3. The standard InChI is InChI=1S/C23H22N6O2/c24-12-15-4-1-2-5-19(15)16-13-27-23(28-14-16)29-17-7-9-18(10-8-17)31-22-20(21(25)30)6-3-11-26-22/h1-6,11,13-14,17-18H,7-10H2,(H2,25,30)(H,27,28,29)/t17-,18-. The average Bonchev–Trinajstić information content (AvgIpc) is 2.81. The summed E-state index contributed by atoms with van der Waals surface area (Å²) in [6.07, 6.45) is 8.43. The maximum absolute atomic E-state index is 11.5. The van der Waals surface area contributed by atoms with Crippen molar-refractivity contribution in [3.05, 3.63) is 66.1 Å². The van der Waals surface area contributed by atoms with E-state index < -0.39 is 5.91 Å². The van der Waals surface area contributed by atoms with Crippen molar-refractivity contribution in [2.75, 3.05) is 5.32 Å². The first-order valence-corrected chi connectivity index (χ1v) is 10.1. The monoisotopic (exact) mass is 414 g/mol. The van der Waals surface area contributed by atoms with E-state index in [-0.39, 0.29) is 12.1 Å². The van der Waals surface area contributed by atoms with Gasteiger partial charge in [0.15, 0.2) is 0 Å². The number of ether oxygens (including phenoxy) is 1. The molecular weight excluding hydrogens is 392 g/mol. The summed E-state index contributed by atoms with van der Waals surface area (Å²) in [7, 11) is 0. The van der Waals surface area contributed by atoms with Crippen molar-refractivity contribution >= 4 is 11.9 Å². The first-order valence-electron chi connectivity index (χ1n) is 10.1. The number of nitrogens with zero attached hydrogens (tertiary/aromatic N) is 4. The lowest BCUT2D eigenvalue weighted by Gasteiger charge is -2.29. The summed E-state index contributed by atoms with van der Waals surface area (Å²) in [6, 6.07) is 13.1. The van der Waals surface area contributed by atoms with Gasteiger partial charge >= 0.3 is 0 Å². The molecule has 0 spiro atoms. The molecule has 0 aliphatic heterocycles. The Bertz CT molecular complexity index is 1100. The number of nitriles is 1. The summed E-state index contributed by atoms with van der Waals surface area (Å²) in [5.41, 5.74) is 7.91. The number of rotatable bonds is 6. The molecule has 1 aliphatic rings. The second-order valence-electron chi connectivity index (χ2n) is 7.41. The second-order valence-corrected chi connectivity index (χ2v) is 7.41. The third kappa shape index (κ3) is 4.78. The first-order chi connectivity index (χ1) is 15.1. The number of benzene rings is 1. The largest absolute Gasteiger partial charge is 0.474 e. The molecule has 8 heteroatoms. The highest BCUT2D eigenvalue weighted by Crippen LogP contribution is 2.27. The van der Waals surface area contributed by atoms with Crippen molar-refractivity contribution in [3.63, 3.8) is 0 Å². The molecule has 0 unspecified atom stereocenters. The number of hydrogen-bond donors (Lipinski definition) is 2. The fourth-order valence-electron chi connectivity index (χ4n) is 3.71. The minimum Gasteiger partial charge on any atom is -0.474 e. The third-order valence-corrected chi connectivity index (χ3v) is 5.33. The van der Waals surface area contributed by atoms with Gasteiger partial charge in [-0.2, -0.15) is 5.26 Å². The molecule has 8 nitrogen and oxygen atoms in total. The van der Waals surface area contributed by atoms with Crippen LogP contribution >= 0.6 is 0 Å². The highest BCUT2D eigenvalue weighted by atomic mass is 16.5. The number of primary amides is 1. The summed E-state index contributed by atoms with van der Waals surface area (Å²) in [5, 5.41) is 12.6. The van der Waals surface area contributed by atoms with Crippen molar-refractivity contribution in [2.45, 2.75) is 37.8 Å². The lowest BCUT2D eigenvalue weighted by molar-refractivity contribution is 0.0983. The van der Waals surface area contributed by atoms with E-state index in [1.54, 1.807) is 36.8 Å². The van der Waals surface area contributed by atoms with E-state index in [0.717, 1.165) is 36.8 Å². The van der Waals surface area contributed by atoms with Crippen LogP contribution < -0.4 is 15.8 Å². The van der Waals surface area contributed by atoms with Gasteiger partial charge in [0.25, 0.3) is 5.91 Å². The average molecular weight is 414 g/mol. The number of nitrogens with one attached hydrogen (secondary N) is 1. The minimum absolute atomic E-state index is 0.0168. The topological polar surface area (TPSA) is 127 Å². The van der Waals surface area contributed by atoms with Gasteiger partial charge in [0.05, 0.1) is 11.6 Å². The lowest BCUT2D eigenvalue weighted by atomic mass is 9.93. The number of amides is 1. The van der Waals surface area contributed by atoms with Gasteiger partial charge in [-0.3, -0.25) is 4.79 Å². The Morgan fingerprint density at radius 3 is 2.52 bits per heavy atom. The van der Waals surface area contributed by atoms with Crippen LogP contribution in [0.5, 0.6) is 5.88 Å². The fourth-order valence-corrected chi connectivity index (χ4v) is 3.71. The Morgan fingerprint density at radius 2 is 1.81 bits per heavy atom. The molecule has 0 bridgehead atoms. The van der Waals surface area contributed by atoms with Crippen LogP contribution in [-0.2, 0) is 0 Å². The van der Waals surface area contributed by atoms with E-state index in [4.69, 9.17) is 10.5 Å². The molecule has 1 aliphatic carbocycles. The van der Waals surface area contributed by atoms with Crippen LogP contribution in [0.15, 0.2) is 55.0 Å².